The topological polar surface area (TPSA) is 26.3 Å². The molecule has 0 saturated carbocycles. The Hall–Kier alpha value is -1.15. The van der Waals surface area contributed by atoms with Crippen LogP contribution in [0.2, 0.25) is 0 Å². The van der Waals surface area contributed by atoms with Crippen molar-refractivity contribution in [3.8, 4) is 0 Å². The fourth-order valence-corrected chi connectivity index (χ4v) is 3.15. The lowest BCUT2D eigenvalue weighted by Crippen LogP contribution is -2.33. The van der Waals surface area contributed by atoms with Gasteiger partial charge in [0.15, 0.2) is 0 Å². The molecule has 1 heterocycles. The molecule has 0 radical (unpaired) electrons. The predicted molar refractivity (Wildman–Crippen MR) is 77.1 cm³/mol. The highest BCUT2D eigenvalue weighted by molar-refractivity contribution is 5.82. The van der Waals surface area contributed by atoms with Gasteiger partial charge in [0, 0.05) is 12.3 Å². The van der Waals surface area contributed by atoms with E-state index in [0.717, 1.165) is 12.8 Å². The molecule has 1 aromatic carbocycles. The first-order chi connectivity index (χ1) is 8.80. The third-order valence-electron chi connectivity index (χ3n) is 3.97. The summed E-state index contributed by atoms with van der Waals surface area (Å²) in [7, 11) is 0. The highest BCUT2D eigenvalue weighted by atomic mass is 16.5. The second kappa shape index (κ2) is 5.09. The molecule has 2 nitrogen and oxygen atoms in total. The van der Waals surface area contributed by atoms with E-state index in [1.165, 1.54) is 5.56 Å². The Morgan fingerprint density at radius 2 is 1.84 bits per heavy atom. The van der Waals surface area contributed by atoms with Gasteiger partial charge >= 0.3 is 0 Å². The number of carbonyl (C=O) groups excluding carboxylic acids is 1. The molecule has 1 fully saturated rings. The van der Waals surface area contributed by atoms with Gasteiger partial charge in [-0.2, -0.15) is 0 Å². The van der Waals surface area contributed by atoms with Crippen LogP contribution < -0.4 is 0 Å². The number of rotatable bonds is 4. The number of ketones is 1. The molecule has 0 spiro atoms. The number of benzene rings is 1. The average Bonchev–Trinajstić information content (AvgIpc) is 2.56. The van der Waals surface area contributed by atoms with Crippen molar-refractivity contribution in [1.29, 1.82) is 0 Å². The van der Waals surface area contributed by atoms with E-state index >= 15 is 0 Å². The van der Waals surface area contributed by atoms with E-state index in [9.17, 15) is 4.79 Å². The average molecular weight is 260 g/mol. The predicted octanol–water partition coefficient (Wildman–Crippen LogP) is 3.78. The zero-order valence-electron chi connectivity index (χ0n) is 12.4. The Morgan fingerprint density at radius 3 is 2.37 bits per heavy atom. The molecule has 1 atom stereocenters. The summed E-state index contributed by atoms with van der Waals surface area (Å²) >= 11 is 0. The van der Waals surface area contributed by atoms with Crippen molar-refractivity contribution in [1.82, 2.24) is 0 Å². The molecular weight excluding hydrogens is 236 g/mol. The van der Waals surface area contributed by atoms with Crippen molar-refractivity contribution in [2.75, 3.05) is 0 Å². The van der Waals surface area contributed by atoms with Gasteiger partial charge in [-0.1, -0.05) is 30.3 Å². The highest BCUT2D eigenvalue weighted by Gasteiger charge is 2.48. The molecule has 1 aliphatic rings. The van der Waals surface area contributed by atoms with E-state index in [0.29, 0.717) is 12.2 Å². The van der Waals surface area contributed by atoms with Crippen LogP contribution in [-0.2, 0) is 16.0 Å². The lowest BCUT2D eigenvalue weighted by Gasteiger charge is -2.26. The maximum Gasteiger partial charge on any atom is 0.139 e. The van der Waals surface area contributed by atoms with Crippen molar-refractivity contribution in [2.45, 2.75) is 58.2 Å². The highest BCUT2D eigenvalue weighted by Crippen LogP contribution is 2.42. The Balaban J connectivity index is 1.97. The van der Waals surface area contributed by atoms with Gasteiger partial charge in [-0.15, -0.1) is 0 Å². The zero-order chi connectivity index (χ0) is 14.1. The summed E-state index contributed by atoms with van der Waals surface area (Å²) in [6, 6.07) is 10.2. The number of hydrogen-bond donors (Lipinski definition) is 0. The first-order valence-corrected chi connectivity index (χ1v) is 7.07. The molecule has 104 valence electrons. The summed E-state index contributed by atoms with van der Waals surface area (Å²) in [6.07, 6.45) is 2.26. The summed E-state index contributed by atoms with van der Waals surface area (Å²) < 4.78 is 6.00. The van der Waals surface area contributed by atoms with Crippen LogP contribution in [0.5, 0.6) is 0 Å². The zero-order valence-corrected chi connectivity index (χ0v) is 12.4. The van der Waals surface area contributed by atoms with Crippen molar-refractivity contribution in [2.24, 2.45) is 5.92 Å². The Bertz CT molecular complexity index is 446. The summed E-state index contributed by atoms with van der Waals surface area (Å²) in [5.41, 5.74) is 0.709. The largest absolute Gasteiger partial charge is 0.369 e. The first kappa shape index (κ1) is 14.3. The van der Waals surface area contributed by atoms with E-state index in [4.69, 9.17) is 4.74 Å². The second-order valence-electron chi connectivity index (χ2n) is 6.67. The van der Waals surface area contributed by atoms with Crippen LogP contribution in [-0.4, -0.2) is 17.0 Å². The second-order valence-corrected chi connectivity index (χ2v) is 6.67. The summed E-state index contributed by atoms with van der Waals surface area (Å²) in [5.74, 6) is 0.352. The molecule has 1 saturated heterocycles. The number of aryl methyl sites for hydroxylation is 1. The lowest BCUT2D eigenvalue weighted by molar-refractivity contribution is -0.129. The Labute approximate surface area is 116 Å². The molecule has 1 aliphatic heterocycles. The van der Waals surface area contributed by atoms with Gasteiger partial charge in [0.05, 0.1) is 11.2 Å². The van der Waals surface area contributed by atoms with Crippen LogP contribution >= 0.6 is 0 Å². The summed E-state index contributed by atoms with van der Waals surface area (Å²) in [4.78, 5) is 12.4. The van der Waals surface area contributed by atoms with Crippen LogP contribution in [0.25, 0.3) is 0 Å². The van der Waals surface area contributed by atoms with Gasteiger partial charge in [0.25, 0.3) is 0 Å². The molecule has 0 aromatic heterocycles. The van der Waals surface area contributed by atoms with E-state index < -0.39 is 0 Å². The molecule has 2 rings (SSSR count). The summed E-state index contributed by atoms with van der Waals surface area (Å²) in [6.45, 7) is 8.21. The van der Waals surface area contributed by atoms with Crippen molar-refractivity contribution in [3.05, 3.63) is 35.9 Å². The van der Waals surface area contributed by atoms with Crippen LogP contribution in [0.4, 0.5) is 0 Å². The monoisotopic (exact) mass is 260 g/mol. The van der Waals surface area contributed by atoms with Gasteiger partial charge in [-0.3, -0.25) is 4.79 Å². The van der Waals surface area contributed by atoms with Crippen LogP contribution in [0, 0.1) is 5.92 Å². The minimum absolute atomic E-state index is 0.0196. The van der Waals surface area contributed by atoms with Gasteiger partial charge < -0.3 is 4.74 Å². The van der Waals surface area contributed by atoms with E-state index in [1.54, 1.807) is 0 Å². The van der Waals surface area contributed by atoms with Gasteiger partial charge in [-0.05, 0) is 46.1 Å². The molecule has 0 amide bonds. The molecule has 0 bridgehead atoms. The minimum Gasteiger partial charge on any atom is -0.369 e. The van der Waals surface area contributed by atoms with Crippen LogP contribution in [0.15, 0.2) is 30.3 Å². The smallest absolute Gasteiger partial charge is 0.139 e. The summed E-state index contributed by atoms with van der Waals surface area (Å²) in [5, 5.41) is 0. The molecule has 1 aromatic rings. The normalized spacial score (nSPS) is 24.3. The standard InChI is InChI=1S/C17H24O2/c1-16(2)12-14(17(3,4)19-16)15(18)11-10-13-8-6-5-7-9-13/h5-9,14H,10-12H2,1-4H3. The lowest BCUT2D eigenvalue weighted by atomic mass is 9.82. The van der Waals surface area contributed by atoms with Crippen molar-refractivity contribution < 1.29 is 9.53 Å². The van der Waals surface area contributed by atoms with Crippen molar-refractivity contribution in [3.63, 3.8) is 0 Å². The van der Waals surface area contributed by atoms with Gasteiger partial charge in [-0.25, -0.2) is 0 Å². The maximum absolute atomic E-state index is 12.4. The molecule has 2 heteroatoms. The number of Topliss-reactive ketones (excluding diaryl/α,β-unsaturated/α-hetero) is 1. The Morgan fingerprint density at radius 1 is 1.21 bits per heavy atom. The maximum atomic E-state index is 12.4. The van der Waals surface area contributed by atoms with E-state index in [-0.39, 0.29) is 17.1 Å². The quantitative estimate of drug-likeness (QED) is 0.823. The SMILES string of the molecule is CC1(C)CC(C(=O)CCc2ccccc2)C(C)(C)O1. The third-order valence-corrected chi connectivity index (χ3v) is 3.97. The molecule has 0 aliphatic carbocycles. The molecule has 0 N–H and O–H groups in total. The molecule has 19 heavy (non-hydrogen) atoms. The fraction of sp³-hybridized carbons (Fsp3) is 0.588. The van der Waals surface area contributed by atoms with Gasteiger partial charge in [0.1, 0.15) is 5.78 Å². The van der Waals surface area contributed by atoms with E-state index in [1.807, 2.05) is 32.0 Å². The van der Waals surface area contributed by atoms with Crippen molar-refractivity contribution >= 4 is 5.78 Å². The first-order valence-electron chi connectivity index (χ1n) is 7.07. The Kier molecular flexibility index (Phi) is 3.82. The fourth-order valence-electron chi connectivity index (χ4n) is 3.15. The molecular formula is C17H24O2. The third kappa shape index (κ3) is 3.44. The number of hydrogen-bond acceptors (Lipinski definition) is 2. The van der Waals surface area contributed by atoms with E-state index in [2.05, 4.69) is 26.0 Å². The van der Waals surface area contributed by atoms with Crippen LogP contribution in [0.1, 0.15) is 46.1 Å². The minimum atomic E-state index is -0.336. The number of ether oxygens (including phenoxy) is 1. The number of carbonyl (C=O) groups is 1. The van der Waals surface area contributed by atoms with Crippen LogP contribution in [0.3, 0.4) is 0 Å². The van der Waals surface area contributed by atoms with Gasteiger partial charge in [0.2, 0.25) is 0 Å². The molecule has 1 unspecified atom stereocenters.